The Bertz CT molecular complexity index is 542. The summed E-state index contributed by atoms with van der Waals surface area (Å²) in [7, 11) is 1.58. The Hall–Kier alpha value is -1.85. The van der Waals surface area contributed by atoms with E-state index in [1.807, 2.05) is 6.92 Å². The zero-order valence-corrected chi connectivity index (χ0v) is 12.7. The number of nitrogens with one attached hydrogen (secondary N) is 1. The minimum Gasteiger partial charge on any atom is -0.478 e. The Morgan fingerprint density at radius 1 is 1.48 bits per heavy atom. The molecule has 0 aliphatic heterocycles. The number of carbonyl (C=O) groups excluding carboxylic acids is 1. The summed E-state index contributed by atoms with van der Waals surface area (Å²) in [5.74, 6) is -1.30. The predicted molar refractivity (Wildman–Crippen MR) is 81.5 cm³/mol. The smallest absolute Gasteiger partial charge is 0.328 e. The molecule has 0 spiro atoms. The van der Waals surface area contributed by atoms with Crippen molar-refractivity contribution in [2.24, 2.45) is 0 Å². The molecular weight excluding hydrogens is 294 g/mol. The second-order valence-corrected chi connectivity index (χ2v) is 4.85. The molecule has 114 valence electrons. The standard InChI is InChI=1S/C15H18ClNO4/c1-3-12(9-21-2)17-15(20)11-5-4-10(13(16)8-11)6-7-14(18)19/h4-8,12H,3,9H2,1-2H3,(H,17,20)(H,18,19)/b7-6+. The van der Waals surface area contributed by atoms with E-state index in [1.165, 1.54) is 12.1 Å². The zero-order valence-electron chi connectivity index (χ0n) is 11.9. The molecule has 1 amide bonds. The third-order valence-corrected chi connectivity index (χ3v) is 3.19. The van der Waals surface area contributed by atoms with Gasteiger partial charge in [0.15, 0.2) is 0 Å². The van der Waals surface area contributed by atoms with E-state index in [4.69, 9.17) is 21.4 Å². The molecule has 0 saturated heterocycles. The van der Waals surface area contributed by atoms with Gasteiger partial charge in [0.05, 0.1) is 12.6 Å². The maximum atomic E-state index is 12.1. The topological polar surface area (TPSA) is 75.6 Å². The van der Waals surface area contributed by atoms with Gasteiger partial charge in [-0.05, 0) is 30.2 Å². The number of carboxylic acids is 1. The Balaban J connectivity index is 2.83. The molecule has 1 aromatic carbocycles. The first-order chi connectivity index (χ1) is 9.97. The number of aliphatic carboxylic acids is 1. The maximum absolute atomic E-state index is 12.1. The van der Waals surface area contributed by atoms with Crippen LogP contribution in [-0.2, 0) is 9.53 Å². The summed E-state index contributed by atoms with van der Waals surface area (Å²) in [6.07, 6.45) is 3.13. The lowest BCUT2D eigenvalue weighted by Gasteiger charge is -2.16. The summed E-state index contributed by atoms with van der Waals surface area (Å²) in [4.78, 5) is 22.6. The van der Waals surface area contributed by atoms with Gasteiger partial charge in [-0.15, -0.1) is 0 Å². The number of hydrogen-bond donors (Lipinski definition) is 2. The summed E-state index contributed by atoms with van der Waals surface area (Å²) in [6, 6.07) is 4.65. The number of rotatable bonds is 7. The van der Waals surface area contributed by atoms with Crippen LogP contribution in [0.5, 0.6) is 0 Å². The molecular formula is C15H18ClNO4. The van der Waals surface area contributed by atoms with Crippen LogP contribution in [0, 0.1) is 0 Å². The fourth-order valence-electron chi connectivity index (χ4n) is 1.70. The Kier molecular flexibility index (Phi) is 6.91. The molecule has 0 saturated carbocycles. The van der Waals surface area contributed by atoms with E-state index >= 15 is 0 Å². The Labute approximate surface area is 128 Å². The van der Waals surface area contributed by atoms with Gasteiger partial charge in [-0.1, -0.05) is 24.6 Å². The van der Waals surface area contributed by atoms with E-state index in [1.54, 1.807) is 19.2 Å². The van der Waals surface area contributed by atoms with E-state index < -0.39 is 5.97 Å². The van der Waals surface area contributed by atoms with Crippen LogP contribution >= 0.6 is 11.6 Å². The molecule has 1 atom stereocenters. The minimum absolute atomic E-state index is 0.0622. The number of carboxylic acid groups (broad SMARTS) is 1. The van der Waals surface area contributed by atoms with Crippen molar-refractivity contribution in [2.45, 2.75) is 19.4 Å². The van der Waals surface area contributed by atoms with Crippen LogP contribution in [0.4, 0.5) is 0 Å². The Morgan fingerprint density at radius 2 is 2.19 bits per heavy atom. The third-order valence-electron chi connectivity index (χ3n) is 2.86. The second-order valence-electron chi connectivity index (χ2n) is 4.44. The van der Waals surface area contributed by atoms with Crippen molar-refractivity contribution in [1.29, 1.82) is 0 Å². The number of methoxy groups -OCH3 is 1. The molecule has 0 heterocycles. The van der Waals surface area contributed by atoms with Gasteiger partial charge in [-0.2, -0.15) is 0 Å². The number of halogens is 1. The number of hydrogen-bond acceptors (Lipinski definition) is 3. The summed E-state index contributed by atoms with van der Waals surface area (Å²) >= 11 is 6.04. The van der Waals surface area contributed by atoms with Crippen molar-refractivity contribution in [3.63, 3.8) is 0 Å². The highest BCUT2D eigenvalue weighted by Crippen LogP contribution is 2.19. The summed E-state index contributed by atoms with van der Waals surface area (Å²) in [5, 5.41) is 11.7. The lowest BCUT2D eigenvalue weighted by molar-refractivity contribution is -0.131. The van der Waals surface area contributed by atoms with Crippen molar-refractivity contribution >= 4 is 29.6 Å². The molecule has 5 nitrogen and oxygen atoms in total. The van der Waals surface area contributed by atoms with Crippen LogP contribution < -0.4 is 5.32 Å². The molecule has 1 unspecified atom stereocenters. The highest BCUT2D eigenvalue weighted by molar-refractivity contribution is 6.32. The SMILES string of the molecule is CCC(COC)NC(=O)c1ccc(/C=C/C(=O)O)c(Cl)c1. The minimum atomic E-state index is -1.06. The molecule has 2 N–H and O–H groups in total. The van der Waals surface area contributed by atoms with Gasteiger partial charge >= 0.3 is 5.97 Å². The molecule has 0 fully saturated rings. The predicted octanol–water partition coefficient (Wildman–Crippen LogP) is 2.59. The average molecular weight is 312 g/mol. The molecule has 1 aromatic rings. The van der Waals surface area contributed by atoms with E-state index in [-0.39, 0.29) is 11.9 Å². The van der Waals surface area contributed by atoms with Gasteiger partial charge in [-0.25, -0.2) is 4.79 Å². The van der Waals surface area contributed by atoms with E-state index in [2.05, 4.69) is 5.32 Å². The van der Waals surface area contributed by atoms with Crippen LogP contribution in [0.1, 0.15) is 29.3 Å². The summed E-state index contributed by atoms with van der Waals surface area (Å²) < 4.78 is 5.02. The zero-order chi connectivity index (χ0) is 15.8. The lowest BCUT2D eigenvalue weighted by atomic mass is 10.1. The van der Waals surface area contributed by atoms with Crippen LogP contribution in [0.3, 0.4) is 0 Å². The number of benzene rings is 1. The van der Waals surface area contributed by atoms with Crippen LogP contribution in [0.25, 0.3) is 6.08 Å². The van der Waals surface area contributed by atoms with Gasteiger partial charge in [0, 0.05) is 23.8 Å². The third kappa shape index (κ3) is 5.57. The van der Waals surface area contributed by atoms with E-state index in [0.29, 0.717) is 22.8 Å². The second kappa shape index (κ2) is 8.44. The maximum Gasteiger partial charge on any atom is 0.328 e. The van der Waals surface area contributed by atoms with Crippen molar-refractivity contribution in [1.82, 2.24) is 5.32 Å². The fourth-order valence-corrected chi connectivity index (χ4v) is 1.94. The molecule has 6 heteroatoms. The fraction of sp³-hybridized carbons (Fsp3) is 0.333. The normalized spacial score (nSPS) is 12.3. The van der Waals surface area contributed by atoms with E-state index in [9.17, 15) is 9.59 Å². The van der Waals surface area contributed by atoms with Crippen LogP contribution in [0.2, 0.25) is 5.02 Å². The first-order valence-corrected chi connectivity index (χ1v) is 6.86. The molecule has 0 aliphatic rings. The van der Waals surface area contributed by atoms with Gasteiger partial charge < -0.3 is 15.2 Å². The molecule has 0 bridgehead atoms. The van der Waals surface area contributed by atoms with Gasteiger partial charge in [-0.3, -0.25) is 4.79 Å². The Morgan fingerprint density at radius 3 is 2.71 bits per heavy atom. The largest absolute Gasteiger partial charge is 0.478 e. The van der Waals surface area contributed by atoms with Gasteiger partial charge in [0.1, 0.15) is 0 Å². The molecule has 0 aromatic heterocycles. The van der Waals surface area contributed by atoms with Crippen molar-refractivity contribution < 1.29 is 19.4 Å². The first-order valence-electron chi connectivity index (χ1n) is 6.48. The number of ether oxygens (including phenoxy) is 1. The first kappa shape index (κ1) is 17.2. The molecule has 0 radical (unpaired) electrons. The molecule has 21 heavy (non-hydrogen) atoms. The summed E-state index contributed by atoms with van der Waals surface area (Å²) in [5.41, 5.74) is 0.960. The number of carbonyl (C=O) groups is 2. The highest BCUT2D eigenvalue weighted by Gasteiger charge is 2.13. The average Bonchev–Trinajstić information content (AvgIpc) is 2.45. The molecule has 1 rings (SSSR count). The van der Waals surface area contributed by atoms with Crippen molar-refractivity contribution in [2.75, 3.05) is 13.7 Å². The summed E-state index contributed by atoms with van der Waals surface area (Å²) in [6.45, 7) is 2.39. The van der Waals surface area contributed by atoms with Gasteiger partial charge in [0.25, 0.3) is 5.91 Å². The number of amides is 1. The van der Waals surface area contributed by atoms with Crippen molar-refractivity contribution in [3.8, 4) is 0 Å². The molecule has 0 aliphatic carbocycles. The lowest BCUT2D eigenvalue weighted by Crippen LogP contribution is -2.37. The van der Waals surface area contributed by atoms with E-state index in [0.717, 1.165) is 12.5 Å². The van der Waals surface area contributed by atoms with Crippen molar-refractivity contribution in [3.05, 3.63) is 40.4 Å². The van der Waals surface area contributed by atoms with Crippen LogP contribution in [0.15, 0.2) is 24.3 Å². The van der Waals surface area contributed by atoms with Gasteiger partial charge in [0.2, 0.25) is 0 Å². The highest BCUT2D eigenvalue weighted by atomic mass is 35.5. The monoisotopic (exact) mass is 311 g/mol. The quantitative estimate of drug-likeness (QED) is 0.759. The van der Waals surface area contributed by atoms with Crippen LogP contribution in [-0.4, -0.2) is 36.7 Å².